The summed E-state index contributed by atoms with van der Waals surface area (Å²) in [5.41, 5.74) is 8.43. The molecule has 3 N–H and O–H groups in total. The van der Waals surface area contributed by atoms with Gasteiger partial charge in [0.05, 0.1) is 5.69 Å². The first kappa shape index (κ1) is 17.9. The average molecular weight is 354 g/mol. The molecule has 0 saturated carbocycles. The van der Waals surface area contributed by atoms with E-state index in [1.165, 1.54) is 11.3 Å². The number of nitrogens with one attached hydrogen (secondary N) is 1. The number of amides is 1. The molecule has 1 aromatic carbocycles. The summed E-state index contributed by atoms with van der Waals surface area (Å²) in [7, 11) is 0. The molecular weight excluding hydrogens is 334 g/mol. The lowest BCUT2D eigenvalue weighted by Gasteiger charge is -2.31. The van der Waals surface area contributed by atoms with Crippen molar-refractivity contribution in [3.8, 4) is 11.3 Å². The van der Waals surface area contributed by atoms with E-state index in [1.54, 1.807) is 0 Å². The number of aromatic nitrogens is 1. The van der Waals surface area contributed by atoms with Gasteiger partial charge in [0, 0.05) is 24.2 Å². The molecule has 2 aromatic rings. The van der Waals surface area contributed by atoms with Gasteiger partial charge >= 0.3 is 0 Å². The second-order valence-electron chi connectivity index (χ2n) is 5.58. The fraction of sp³-hybridized carbons (Fsp3) is 0.375. The highest BCUT2D eigenvalue weighted by Crippen LogP contribution is 2.28. The van der Waals surface area contributed by atoms with Crippen LogP contribution in [0.3, 0.4) is 0 Å². The zero-order chi connectivity index (χ0) is 15.6. The first-order valence-corrected chi connectivity index (χ1v) is 8.16. The Labute approximate surface area is 145 Å². The normalized spacial score (nSPS) is 16.4. The summed E-state index contributed by atoms with van der Waals surface area (Å²) < 4.78 is 5.27. The first-order valence-electron chi connectivity index (χ1n) is 7.28. The van der Waals surface area contributed by atoms with Crippen LogP contribution in [0.5, 0.6) is 0 Å². The van der Waals surface area contributed by atoms with Crippen LogP contribution in [-0.4, -0.2) is 29.6 Å². The van der Waals surface area contributed by atoms with Gasteiger partial charge in [-0.3, -0.25) is 4.79 Å². The molecule has 2 heterocycles. The summed E-state index contributed by atoms with van der Waals surface area (Å²) in [5.74, 6) is -0.179. The lowest BCUT2D eigenvalue weighted by molar-refractivity contribution is -0.124. The Balaban J connectivity index is 0.00000192. The van der Waals surface area contributed by atoms with Crippen LogP contribution in [0.2, 0.25) is 0 Å². The van der Waals surface area contributed by atoms with Crippen molar-refractivity contribution in [3.05, 3.63) is 35.2 Å². The number of aryl methyl sites for hydroxylation is 1. The van der Waals surface area contributed by atoms with Crippen molar-refractivity contribution in [2.24, 2.45) is 5.73 Å². The number of carbonyl (C=O) groups is 1. The monoisotopic (exact) mass is 353 g/mol. The van der Waals surface area contributed by atoms with Gasteiger partial charge in [0.2, 0.25) is 5.91 Å². The number of ether oxygens (including phenoxy) is 1. The number of hydrogen-bond donors (Lipinski definition) is 2. The minimum Gasteiger partial charge on any atom is -0.381 e. The minimum absolute atomic E-state index is 0. The largest absolute Gasteiger partial charge is 0.381 e. The quantitative estimate of drug-likeness (QED) is 0.889. The van der Waals surface area contributed by atoms with Gasteiger partial charge in [-0.15, -0.1) is 23.7 Å². The first-order chi connectivity index (χ1) is 10.6. The van der Waals surface area contributed by atoms with Crippen molar-refractivity contribution in [3.63, 3.8) is 0 Å². The highest BCUT2D eigenvalue weighted by Gasteiger charge is 2.36. The van der Waals surface area contributed by atoms with Gasteiger partial charge in [-0.1, -0.05) is 24.3 Å². The van der Waals surface area contributed by atoms with Crippen molar-refractivity contribution in [2.75, 3.05) is 18.5 Å². The fourth-order valence-electron chi connectivity index (χ4n) is 2.50. The van der Waals surface area contributed by atoms with Crippen LogP contribution in [-0.2, 0) is 9.53 Å². The molecule has 0 unspecified atom stereocenters. The van der Waals surface area contributed by atoms with Crippen LogP contribution >= 0.6 is 23.7 Å². The molecule has 5 nitrogen and oxygen atoms in total. The molecule has 124 valence electrons. The Kier molecular flexibility index (Phi) is 5.75. The number of anilines is 1. The van der Waals surface area contributed by atoms with Crippen molar-refractivity contribution >= 4 is 34.8 Å². The maximum Gasteiger partial charge on any atom is 0.246 e. The highest BCUT2D eigenvalue weighted by molar-refractivity contribution is 7.14. The molecule has 7 heteroatoms. The number of nitrogens with two attached hydrogens (primary N) is 1. The molecule has 1 saturated heterocycles. The van der Waals surface area contributed by atoms with E-state index in [-0.39, 0.29) is 18.3 Å². The topological polar surface area (TPSA) is 77.2 Å². The van der Waals surface area contributed by atoms with Gasteiger partial charge in [-0.2, -0.15) is 0 Å². The Morgan fingerprint density at radius 2 is 2.04 bits per heavy atom. The zero-order valence-electron chi connectivity index (χ0n) is 12.9. The molecule has 1 fully saturated rings. The minimum atomic E-state index is -0.854. The molecular formula is C16H20ClN3O2S. The number of hydrogen-bond acceptors (Lipinski definition) is 5. The van der Waals surface area contributed by atoms with E-state index in [9.17, 15) is 4.79 Å². The molecule has 1 aliphatic rings. The number of rotatable bonds is 3. The van der Waals surface area contributed by atoms with Crippen molar-refractivity contribution < 1.29 is 9.53 Å². The summed E-state index contributed by atoms with van der Waals surface area (Å²) in [6.45, 7) is 3.09. The predicted molar refractivity (Wildman–Crippen MR) is 95.1 cm³/mol. The summed E-state index contributed by atoms with van der Waals surface area (Å²) >= 11 is 1.41. The van der Waals surface area contributed by atoms with Crippen LogP contribution in [0.15, 0.2) is 29.6 Å². The number of halogens is 1. The van der Waals surface area contributed by atoms with Gasteiger partial charge < -0.3 is 15.8 Å². The second-order valence-corrected chi connectivity index (χ2v) is 6.43. The van der Waals surface area contributed by atoms with Gasteiger partial charge in [0.1, 0.15) is 5.54 Å². The molecule has 1 aromatic heterocycles. The van der Waals surface area contributed by atoms with Crippen LogP contribution < -0.4 is 11.1 Å². The third-order valence-electron chi connectivity index (χ3n) is 3.98. The van der Waals surface area contributed by atoms with Crippen molar-refractivity contribution in [1.29, 1.82) is 0 Å². The number of benzene rings is 1. The maximum absolute atomic E-state index is 12.4. The smallest absolute Gasteiger partial charge is 0.246 e. The maximum atomic E-state index is 12.4. The van der Waals surface area contributed by atoms with Crippen molar-refractivity contribution in [2.45, 2.75) is 25.3 Å². The molecule has 0 atom stereocenters. The van der Waals surface area contributed by atoms with Gasteiger partial charge in [0.25, 0.3) is 0 Å². The molecule has 23 heavy (non-hydrogen) atoms. The summed E-state index contributed by atoms with van der Waals surface area (Å²) in [4.78, 5) is 16.9. The fourth-order valence-corrected chi connectivity index (χ4v) is 3.21. The molecule has 1 amide bonds. The SMILES string of the molecule is Cc1ccccc1-c1csc(NC(=O)C2(N)CCOCC2)n1.Cl. The summed E-state index contributed by atoms with van der Waals surface area (Å²) in [5, 5.41) is 5.38. The van der Waals surface area contributed by atoms with E-state index in [0.717, 1.165) is 16.8 Å². The molecule has 1 aliphatic heterocycles. The average Bonchev–Trinajstić information content (AvgIpc) is 2.97. The van der Waals surface area contributed by atoms with Crippen LogP contribution in [0.25, 0.3) is 11.3 Å². The molecule has 0 aliphatic carbocycles. The number of carbonyl (C=O) groups excluding carboxylic acids is 1. The van der Waals surface area contributed by atoms with Crippen LogP contribution in [0, 0.1) is 6.92 Å². The van der Waals surface area contributed by atoms with Crippen LogP contribution in [0.1, 0.15) is 18.4 Å². The number of thiazole rings is 1. The van der Waals surface area contributed by atoms with Crippen molar-refractivity contribution in [1.82, 2.24) is 4.98 Å². The number of nitrogens with zero attached hydrogens (tertiary/aromatic N) is 1. The highest BCUT2D eigenvalue weighted by atomic mass is 35.5. The lowest BCUT2D eigenvalue weighted by atomic mass is 9.90. The van der Waals surface area contributed by atoms with Crippen LogP contribution in [0.4, 0.5) is 5.13 Å². The zero-order valence-corrected chi connectivity index (χ0v) is 14.5. The third kappa shape index (κ3) is 3.90. The van der Waals surface area contributed by atoms with E-state index < -0.39 is 5.54 Å². The van der Waals surface area contributed by atoms with Gasteiger partial charge in [-0.25, -0.2) is 4.98 Å². The summed E-state index contributed by atoms with van der Waals surface area (Å²) in [6, 6.07) is 8.05. The predicted octanol–water partition coefficient (Wildman–Crippen LogP) is 2.99. The molecule has 0 radical (unpaired) electrons. The van der Waals surface area contributed by atoms with E-state index >= 15 is 0 Å². The lowest BCUT2D eigenvalue weighted by Crippen LogP contribution is -2.54. The molecule has 3 rings (SSSR count). The standard InChI is InChI=1S/C16H19N3O2S.ClH/c1-11-4-2-3-5-12(11)13-10-22-15(18-13)19-14(20)16(17)6-8-21-9-7-16;/h2-5,10H,6-9,17H2,1H3,(H,18,19,20);1H. The van der Waals surface area contributed by atoms with Gasteiger partial charge in [-0.05, 0) is 25.3 Å². The Morgan fingerprint density at radius 1 is 1.35 bits per heavy atom. The third-order valence-corrected chi connectivity index (χ3v) is 4.74. The van der Waals surface area contributed by atoms with E-state index in [2.05, 4.69) is 10.3 Å². The molecule has 0 spiro atoms. The second kappa shape index (κ2) is 7.40. The van der Waals surface area contributed by atoms with E-state index in [4.69, 9.17) is 10.5 Å². The van der Waals surface area contributed by atoms with E-state index in [0.29, 0.717) is 31.2 Å². The van der Waals surface area contributed by atoms with Gasteiger partial charge in [0.15, 0.2) is 5.13 Å². The summed E-state index contributed by atoms with van der Waals surface area (Å²) in [6.07, 6.45) is 1.07. The van der Waals surface area contributed by atoms with E-state index in [1.807, 2.05) is 36.6 Å². The Hall–Kier alpha value is -1.47. The Bertz CT molecular complexity index is 683. The molecule has 0 bridgehead atoms. The Morgan fingerprint density at radius 3 is 2.74 bits per heavy atom.